The Bertz CT molecular complexity index is 670. The van der Waals surface area contributed by atoms with Crippen LogP contribution in [0.4, 0.5) is 0 Å². The van der Waals surface area contributed by atoms with Crippen LogP contribution in [0.3, 0.4) is 0 Å². The highest BCUT2D eigenvalue weighted by Gasteiger charge is 2.33. The van der Waals surface area contributed by atoms with E-state index in [9.17, 15) is 13.2 Å². The Morgan fingerprint density at radius 1 is 1.43 bits per heavy atom. The maximum atomic E-state index is 12.6. The molecule has 2 rings (SSSR count). The summed E-state index contributed by atoms with van der Waals surface area (Å²) in [5.74, 6) is -1.34. The molecule has 1 aromatic carbocycles. The van der Waals surface area contributed by atoms with Crippen molar-refractivity contribution in [2.75, 3.05) is 20.3 Å². The molecule has 9 heteroatoms. The van der Waals surface area contributed by atoms with E-state index in [1.54, 1.807) is 0 Å². The summed E-state index contributed by atoms with van der Waals surface area (Å²) >= 11 is 11.7. The van der Waals surface area contributed by atoms with E-state index in [-0.39, 0.29) is 26.5 Å². The lowest BCUT2D eigenvalue weighted by Crippen LogP contribution is -2.37. The van der Waals surface area contributed by atoms with Gasteiger partial charge < -0.3 is 9.84 Å². The van der Waals surface area contributed by atoms with Gasteiger partial charge in [-0.1, -0.05) is 23.2 Å². The number of carboxylic acids is 1. The molecular weight excluding hydrogens is 341 g/mol. The van der Waals surface area contributed by atoms with Crippen LogP contribution in [0.15, 0.2) is 17.0 Å². The highest BCUT2D eigenvalue weighted by atomic mass is 35.5. The lowest BCUT2D eigenvalue weighted by atomic mass is 10.2. The highest BCUT2D eigenvalue weighted by Crippen LogP contribution is 2.32. The van der Waals surface area contributed by atoms with Crippen LogP contribution in [-0.2, 0) is 14.8 Å². The number of halogens is 2. The predicted molar refractivity (Wildman–Crippen MR) is 77.6 cm³/mol. The van der Waals surface area contributed by atoms with Gasteiger partial charge in [-0.2, -0.15) is 4.31 Å². The van der Waals surface area contributed by atoms with E-state index >= 15 is 0 Å². The molecule has 1 N–H and O–H groups in total. The molecule has 1 atom stereocenters. The summed E-state index contributed by atoms with van der Waals surface area (Å²) in [6, 6.07) is 1.96. The van der Waals surface area contributed by atoms with Crippen molar-refractivity contribution in [3.8, 4) is 0 Å². The van der Waals surface area contributed by atoms with Crippen molar-refractivity contribution in [1.29, 1.82) is 0 Å². The summed E-state index contributed by atoms with van der Waals surface area (Å²) in [5.41, 5.74) is -0.348. The molecule has 1 unspecified atom stereocenters. The highest BCUT2D eigenvalue weighted by molar-refractivity contribution is 7.89. The number of benzene rings is 1. The van der Waals surface area contributed by atoms with Gasteiger partial charge in [-0.25, -0.2) is 13.2 Å². The minimum absolute atomic E-state index is 0.00792. The third-order valence-corrected chi connectivity index (χ3v) is 5.98. The van der Waals surface area contributed by atoms with Gasteiger partial charge >= 0.3 is 5.97 Å². The van der Waals surface area contributed by atoms with E-state index in [0.717, 1.165) is 16.4 Å². The second-order valence-electron chi connectivity index (χ2n) is 4.61. The molecule has 1 aliphatic rings. The van der Waals surface area contributed by atoms with Crippen LogP contribution in [0.25, 0.3) is 0 Å². The van der Waals surface area contributed by atoms with E-state index in [1.165, 1.54) is 7.05 Å². The van der Waals surface area contributed by atoms with Gasteiger partial charge in [0, 0.05) is 18.7 Å². The number of hydrogen-bond donors (Lipinski definition) is 1. The summed E-state index contributed by atoms with van der Waals surface area (Å²) in [5, 5.41) is 8.70. The van der Waals surface area contributed by atoms with Gasteiger partial charge in [0.15, 0.2) is 0 Å². The number of sulfonamides is 1. The van der Waals surface area contributed by atoms with Crippen LogP contribution in [0, 0.1) is 0 Å². The molecule has 0 amide bonds. The predicted octanol–water partition coefficient (Wildman–Crippen LogP) is 2.10. The van der Waals surface area contributed by atoms with Gasteiger partial charge in [0.05, 0.1) is 23.2 Å². The first-order valence-corrected chi connectivity index (χ1v) is 8.23. The average Bonchev–Trinajstić information content (AvgIpc) is 2.93. The summed E-state index contributed by atoms with van der Waals surface area (Å²) in [6.45, 7) is 0.772. The van der Waals surface area contributed by atoms with Crippen LogP contribution in [0.5, 0.6) is 0 Å². The largest absolute Gasteiger partial charge is 0.478 e. The Hall–Kier alpha value is -0.860. The summed E-state index contributed by atoms with van der Waals surface area (Å²) < 4.78 is 31.5. The van der Waals surface area contributed by atoms with Gasteiger partial charge in [-0.15, -0.1) is 0 Å². The van der Waals surface area contributed by atoms with Crippen molar-refractivity contribution in [2.24, 2.45) is 0 Å². The fourth-order valence-corrected chi connectivity index (χ4v) is 4.31. The van der Waals surface area contributed by atoms with Crippen molar-refractivity contribution in [3.63, 3.8) is 0 Å². The van der Waals surface area contributed by atoms with Crippen molar-refractivity contribution >= 4 is 39.2 Å². The second-order valence-corrected chi connectivity index (χ2v) is 7.39. The number of carbonyl (C=O) groups is 1. The third-order valence-electron chi connectivity index (χ3n) is 3.31. The van der Waals surface area contributed by atoms with E-state index in [0.29, 0.717) is 19.6 Å². The van der Waals surface area contributed by atoms with Gasteiger partial charge in [-0.3, -0.25) is 0 Å². The Balaban J connectivity index is 2.51. The lowest BCUT2D eigenvalue weighted by Gasteiger charge is -2.23. The normalized spacial score (nSPS) is 19.1. The van der Waals surface area contributed by atoms with Crippen molar-refractivity contribution < 1.29 is 23.1 Å². The number of nitrogens with zero attached hydrogens (tertiary/aromatic N) is 1. The smallest absolute Gasteiger partial charge is 0.337 e. The van der Waals surface area contributed by atoms with Crippen molar-refractivity contribution in [3.05, 3.63) is 27.7 Å². The number of rotatable bonds is 4. The fourth-order valence-electron chi connectivity index (χ4n) is 2.07. The number of likely N-dealkylation sites (N-methyl/N-ethyl adjacent to an activating group) is 1. The Kier molecular flexibility index (Phi) is 4.79. The molecule has 1 aromatic rings. The van der Waals surface area contributed by atoms with E-state index in [4.69, 9.17) is 33.0 Å². The molecule has 6 nitrogen and oxygen atoms in total. The SMILES string of the molecule is CN(C1CCOC1)S(=O)(=O)c1cc(Cl)cc(C(=O)O)c1Cl. The van der Waals surface area contributed by atoms with Gasteiger partial charge in [0.2, 0.25) is 10.0 Å². The van der Waals surface area contributed by atoms with E-state index < -0.39 is 16.0 Å². The second kappa shape index (κ2) is 6.10. The van der Waals surface area contributed by atoms with E-state index in [1.807, 2.05) is 0 Å². The standard InChI is InChI=1S/C12H13Cl2NO5S/c1-15(8-2-3-20-6-8)21(18,19)10-5-7(13)4-9(11(10)14)12(16)17/h4-5,8H,2-3,6H2,1H3,(H,16,17). The number of hydrogen-bond acceptors (Lipinski definition) is 4. The first-order chi connectivity index (χ1) is 9.75. The van der Waals surface area contributed by atoms with Gasteiger partial charge in [0.25, 0.3) is 0 Å². The van der Waals surface area contributed by atoms with Crippen LogP contribution in [0.1, 0.15) is 16.8 Å². The molecule has 0 aliphatic carbocycles. The quantitative estimate of drug-likeness (QED) is 0.895. The molecule has 1 aliphatic heterocycles. The monoisotopic (exact) mass is 353 g/mol. The first-order valence-electron chi connectivity index (χ1n) is 6.03. The lowest BCUT2D eigenvalue weighted by molar-refractivity contribution is 0.0697. The van der Waals surface area contributed by atoms with Crippen LogP contribution in [0.2, 0.25) is 10.0 Å². The molecule has 1 fully saturated rings. The van der Waals surface area contributed by atoms with Gasteiger partial charge in [0.1, 0.15) is 4.90 Å². The first kappa shape index (κ1) is 16.5. The number of carboxylic acid groups (broad SMARTS) is 1. The molecule has 0 saturated carbocycles. The molecule has 116 valence electrons. The zero-order valence-electron chi connectivity index (χ0n) is 11.0. The maximum absolute atomic E-state index is 12.6. The number of ether oxygens (including phenoxy) is 1. The van der Waals surface area contributed by atoms with Crippen molar-refractivity contribution in [1.82, 2.24) is 4.31 Å². The average molecular weight is 354 g/mol. The molecule has 0 aromatic heterocycles. The molecule has 21 heavy (non-hydrogen) atoms. The molecule has 0 radical (unpaired) electrons. The zero-order valence-corrected chi connectivity index (χ0v) is 13.4. The Labute approximate surface area is 132 Å². The fraction of sp³-hybridized carbons (Fsp3) is 0.417. The summed E-state index contributed by atoms with van der Waals surface area (Å²) in [7, 11) is -2.55. The van der Waals surface area contributed by atoms with Crippen molar-refractivity contribution in [2.45, 2.75) is 17.4 Å². The van der Waals surface area contributed by atoms with Crippen LogP contribution in [-0.4, -0.2) is 50.1 Å². The summed E-state index contributed by atoms with van der Waals surface area (Å²) in [4.78, 5) is 10.8. The molecule has 0 spiro atoms. The molecular formula is C12H13Cl2NO5S. The minimum Gasteiger partial charge on any atom is -0.478 e. The number of aromatic carboxylic acids is 1. The molecule has 0 bridgehead atoms. The minimum atomic E-state index is -3.96. The zero-order chi connectivity index (χ0) is 15.8. The topological polar surface area (TPSA) is 83.9 Å². The van der Waals surface area contributed by atoms with Crippen LogP contribution >= 0.6 is 23.2 Å². The molecule has 1 heterocycles. The maximum Gasteiger partial charge on any atom is 0.337 e. The van der Waals surface area contributed by atoms with E-state index in [2.05, 4.69) is 0 Å². The van der Waals surface area contributed by atoms with Gasteiger partial charge in [-0.05, 0) is 18.6 Å². The Morgan fingerprint density at radius 3 is 2.62 bits per heavy atom. The third kappa shape index (κ3) is 3.17. The molecule has 1 saturated heterocycles. The Morgan fingerprint density at radius 2 is 2.10 bits per heavy atom. The summed E-state index contributed by atoms with van der Waals surface area (Å²) in [6.07, 6.45) is 0.569. The van der Waals surface area contributed by atoms with Crippen LogP contribution < -0.4 is 0 Å².